The molecule has 0 amide bonds. The van der Waals surface area contributed by atoms with Gasteiger partial charge in [0.05, 0.1) is 72.6 Å². The fourth-order valence-electron chi connectivity index (χ4n) is 14.3. The minimum Gasteiger partial charge on any atom is -0.309 e. The number of para-hydroxylation sites is 9. The maximum absolute atomic E-state index is 5.63. The molecule has 0 saturated carbocycles. The van der Waals surface area contributed by atoms with E-state index in [2.05, 4.69) is 334 Å². The zero-order chi connectivity index (χ0) is 57.8. The van der Waals surface area contributed by atoms with Gasteiger partial charge >= 0.3 is 0 Å². The van der Waals surface area contributed by atoms with Crippen molar-refractivity contribution in [2.45, 2.75) is 0 Å². The van der Waals surface area contributed by atoms with Crippen LogP contribution in [0.25, 0.3) is 166 Å². The second-order valence-corrected chi connectivity index (χ2v) is 22.8. The third-order valence-corrected chi connectivity index (χ3v) is 18.0. The molecular weight excluding hydrogens is 1070 g/mol. The van der Waals surface area contributed by atoms with Crippen molar-refractivity contribution in [2.75, 3.05) is 0 Å². The Balaban J connectivity index is 1.05. The molecule has 0 fully saturated rings. The Hall–Kier alpha value is -11.9. The summed E-state index contributed by atoms with van der Waals surface area (Å²) < 4.78 is 9.99. The van der Waals surface area contributed by atoms with Gasteiger partial charge in [0.2, 0.25) is 0 Å². The standard InChI is InChI=1S/C82H52N6/c1-4-26-53(27-5-1)68-52-69(54-28-6-2-7-29-54)84-82(83-68)55-50-66(62-37-15-23-45-75(62)86-71-41-19-10-32-57(71)58-33-11-20-42-72(58)86)80(67(51-55)63-38-16-24-46-76(63)87-73-43-21-12-34-59(73)60-35-13-22-44-74(60)87)88-77-47-25-17-39-65(77)79-78(88)49-48-64-61-36-14-18-40-70(61)85(81(64)79)56-30-8-3-9-31-56/h1-52H. The fourth-order valence-corrected chi connectivity index (χ4v) is 14.3. The van der Waals surface area contributed by atoms with Crippen LogP contribution in [0.2, 0.25) is 0 Å². The smallest absolute Gasteiger partial charge is 0.160 e. The van der Waals surface area contributed by atoms with Crippen molar-refractivity contribution < 1.29 is 0 Å². The molecule has 0 unspecified atom stereocenters. The van der Waals surface area contributed by atoms with Crippen molar-refractivity contribution in [3.63, 3.8) is 0 Å². The van der Waals surface area contributed by atoms with E-state index in [0.29, 0.717) is 5.82 Å². The lowest BCUT2D eigenvalue weighted by Crippen LogP contribution is -2.06. The number of benzene rings is 13. The van der Waals surface area contributed by atoms with Gasteiger partial charge in [-0.15, -0.1) is 0 Å². The van der Waals surface area contributed by atoms with Gasteiger partial charge in [0.1, 0.15) is 0 Å². The predicted octanol–water partition coefficient (Wildman–Crippen LogP) is 21.2. The highest BCUT2D eigenvalue weighted by atomic mass is 15.0. The Morgan fingerprint density at radius 3 is 1.06 bits per heavy atom. The average Bonchev–Trinajstić information content (AvgIpc) is 1.54. The van der Waals surface area contributed by atoms with E-state index in [-0.39, 0.29) is 0 Å². The minimum atomic E-state index is 0.620. The van der Waals surface area contributed by atoms with E-state index in [0.717, 1.165) is 123 Å². The maximum Gasteiger partial charge on any atom is 0.160 e. The van der Waals surface area contributed by atoms with E-state index >= 15 is 0 Å². The molecule has 6 nitrogen and oxygen atoms in total. The zero-order valence-electron chi connectivity index (χ0n) is 47.7. The summed E-state index contributed by atoms with van der Waals surface area (Å²) in [6, 6.07) is 115. The van der Waals surface area contributed by atoms with Gasteiger partial charge in [-0.3, -0.25) is 0 Å². The minimum absolute atomic E-state index is 0.620. The largest absolute Gasteiger partial charge is 0.309 e. The van der Waals surface area contributed by atoms with E-state index in [1.807, 2.05) is 0 Å². The summed E-state index contributed by atoms with van der Waals surface area (Å²) in [4.78, 5) is 11.3. The van der Waals surface area contributed by atoms with Crippen molar-refractivity contribution in [2.24, 2.45) is 0 Å². The molecule has 0 spiro atoms. The van der Waals surface area contributed by atoms with Gasteiger partial charge in [-0.2, -0.15) is 0 Å². The number of hydrogen-bond acceptors (Lipinski definition) is 2. The molecule has 0 radical (unpaired) electrons. The van der Waals surface area contributed by atoms with Gasteiger partial charge in [-0.05, 0) is 84.9 Å². The number of aromatic nitrogens is 6. The summed E-state index contributed by atoms with van der Waals surface area (Å²) in [5.74, 6) is 0.620. The van der Waals surface area contributed by atoms with Gasteiger partial charge in [-0.25, -0.2) is 9.97 Å². The van der Waals surface area contributed by atoms with Crippen molar-refractivity contribution in [3.8, 4) is 78.9 Å². The van der Waals surface area contributed by atoms with Crippen LogP contribution in [0.5, 0.6) is 0 Å². The van der Waals surface area contributed by atoms with Crippen LogP contribution in [-0.2, 0) is 0 Å². The van der Waals surface area contributed by atoms with Crippen LogP contribution in [0.4, 0.5) is 0 Å². The molecule has 410 valence electrons. The average molecular weight is 1120 g/mol. The van der Waals surface area contributed by atoms with Crippen molar-refractivity contribution in [3.05, 3.63) is 315 Å². The first-order valence-corrected chi connectivity index (χ1v) is 30.1. The lowest BCUT2D eigenvalue weighted by atomic mass is 9.90. The molecule has 0 atom stereocenters. The molecule has 5 heterocycles. The van der Waals surface area contributed by atoms with Crippen LogP contribution in [0, 0.1) is 0 Å². The maximum atomic E-state index is 5.63. The van der Waals surface area contributed by atoms with Crippen molar-refractivity contribution >= 4 is 87.2 Å². The quantitative estimate of drug-likeness (QED) is 0.145. The van der Waals surface area contributed by atoms with E-state index in [1.165, 1.54) is 37.7 Å². The first kappa shape index (κ1) is 49.6. The van der Waals surface area contributed by atoms with E-state index in [1.54, 1.807) is 0 Å². The summed E-state index contributed by atoms with van der Waals surface area (Å²) in [6.07, 6.45) is 0. The Labute approximate surface area is 507 Å². The van der Waals surface area contributed by atoms with E-state index in [9.17, 15) is 0 Å². The van der Waals surface area contributed by atoms with Gasteiger partial charge in [0, 0.05) is 87.7 Å². The van der Waals surface area contributed by atoms with Crippen LogP contribution in [-0.4, -0.2) is 28.2 Å². The Morgan fingerprint density at radius 2 is 0.591 bits per heavy atom. The highest BCUT2D eigenvalue weighted by molar-refractivity contribution is 6.27. The first-order valence-electron chi connectivity index (χ1n) is 30.1. The van der Waals surface area contributed by atoms with E-state index in [4.69, 9.17) is 9.97 Å². The van der Waals surface area contributed by atoms with Crippen LogP contribution in [0.15, 0.2) is 315 Å². The fraction of sp³-hybridized carbons (Fsp3) is 0. The molecule has 0 aliphatic carbocycles. The van der Waals surface area contributed by atoms with Crippen LogP contribution in [0.3, 0.4) is 0 Å². The number of rotatable bonds is 9. The molecule has 0 bridgehead atoms. The lowest BCUT2D eigenvalue weighted by molar-refractivity contribution is 1.14. The summed E-state index contributed by atoms with van der Waals surface area (Å²) >= 11 is 0. The number of fused-ring (bicyclic) bond motifs is 13. The van der Waals surface area contributed by atoms with Crippen LogP contribution < -0.4 is 0 Å². The molecule has 0 saturated heterocycles. The van der Waals surface area contributed by atoms with Gasteiger partial charge < -0.3 is 18.3 Å². The Kier molecular flexibility index (Phi) is 11.2. The predicted molar refractivity (Wildman–Crippen MR) is 367 cm³/mol. The highest BCUT2D eigenvalue weighted by Gasteiger charge is 2.29. The molecule has 88 heavy (non-hydrogen) atoms. The van der Waals surface area contributed by atoms with Gasteiger partial charge in [0.15, 0.2) is 5.82 Å². The zero-order valence-corrected chi connectivity index (χ0v) is 47.7. The summed E-state index contributed by atoms with van der Waals surface area (Å²) in [5, 5.41) is 9.52. The molecular formula is C82H52N6. The molecule has 0 N–H and O–H groups in total. The Morgan fingerprint density at radius 1 is 0.227 bits per heavy atom. The van der Waals surface area contributed by atoms with E-state index < -0.39 is 0 Å². The highest BCUT2D eigenvalue weighted by Crippen LogP contribution is 2.50. The normalized spacial score (nSPS) is 11.9. The summed E-state index contributed by atoms with van der Waals surface area (Å²) in [6.45, 7) is 0. The molecule has 18 aromatic rings. The van der Waals surface area contributed by atoms with Gasteiger partial charge in [-0.1, -0.05) is 231 Å². The first-order chi connectivity index (χ1) is 43.7. The van der Waals surface area contributed by atoms with Crippen LogP contribution in [0.1, 0.15) is 0 Å². The van der Waals surface area contributed by atoms with Crippen LogP contribution >= 0.6 is 0 Å². The molecule has 13 aromatic carbocycles. The summed E-state index contributed by atoms with van der Waals surface area (Å²) in [7, 11) is 0. The second kappa shape index (κ2) is 19.9. The molecule has 0 aliphatic heterocycles. The van der Waals surface area contributed by atoms with Crippen molar-refractivity contribution in [1.82, 2.24) is 28.2 Å². The SMILES string of the molecule is c1ccc(-c2cc(-c3ccccc3)nc(-c3cc(-c4ccccc4-n4c5ccccc5c5ccccc54)c(-n4c5ccccc5c5c4ccc4c6ccccc6n(-c6ccccc6)c45)c(-c4ccccc4-n4c5ccccc5c5ccccc54)c3)n2)cc1. The third kappa shape index (κ3) is 7.55. The monoisotopic (exact) mass is 1120 g/mol. The topological polar surface area (TPSA) is 45.5 Å². The number of nitrogens with zero attached hydrogens (tertiary/aromatic N) is 6. The Bertz CT molecular complexity index is 5460. The van der Waals surface area contributed by atoms with Gasteiger partial charge in [0.25, 0.3) is 0 Å². The summed E-state index contributed by atoms with van der Waals surface area (Å²) in [5.41, 5.74) is 22.0. The lowest BCUT2D eigenvalue weighted by Gasteiger charge is -2.24. The van der Waals surface area contributed by atoms with Crippen molar-refractivity contribution in [1.29, 1.82) is 0 Å². The molecule has 0 aliphatic rings. The molecule has 6 heteroatoms. The third-order valence-electron chi connectivity index (χ3n) is 18.0. The molecule has 5 aromatic heterocycles. The second-order valence-electron chi connectivity index (χ2n) is 22.8. The molecule has 18 rings (SSSR count). The number of hydrogen-bond donors (Lipinski definition) is 0.